The topological polar surface area (TPSA) is 49.7 Å². The molecule has 1 aliphatic heterocycles. The highest BCUT2D eigenvalue weighted by molar-refractivity contribution is 7.71. The number of hydrogen-bond acceptors (Lipinski definition) is 4. The highest BCUT2D eigenvalue weighted by Crippen LogP contribution is 1.97. The minimum atomic E-state index is -2.08. The zero-order chi connectivity index (χ0) is 8.97. The quantitative estimate of drug-likeness (QED) is 0.566. The summed E-state index contributed by atoms with van der Waals surface area (Å²) in [5.41, 5.74) is 0.865. The second-order valence-electron chi connectivity index (χ2n) is 2.54. The van der Waals surface area contributed by atoms with Gasteiger partial charge in [0.15, 0.2) is 0 Å². The molecule has 66 valence electrons. The molecule has 0 radical (unpaired) electrons. The van der Waals surface area contributed by atoms with E-state index in [1.807, 2.05) is 18.1 Å². The molecular formula is C7H10N2O2S. The lowest BCUT2D eigenvalue weighted by atomic mass is 10.2. The summed E-state index contributed by atoms with van der Waals surface area (Å²) in [4.78, 5) is 5.99. The van der Waals surface area contributed by atoms with Crippen LogP contribution in [0.4, 0.5) is 0 Å². The molecule has 5 heteroatoms. The molecule has 4 nitrogen and oxygen atoms in total. The van der Waals surface area contributed by atoms with E-state index in [1.165, 1.54) is 5.37 Å². The van der Waals surface area contributed by atoms with Crippen LogP contribution in [0.3, 0.4) is 0 Å². The summed E-state index contributed by atoms with van der Waals surface area (Å²) in [6, 6.07) is 0. The van der Waals surface area contributed by atoms with Crippen LogP contribution in [-0.4, -0.2) is 38.0 Å². The maximum atomic E-state index is 10.2. The van der Waals surface area contributed by atoms with E-state index >= 15 is 0 Å². The fourth-order valence-corrected chi connectivity index (χ4v) is 1.24. The second-order valence-corrected chi connectivity index (χ2v) is 3.39. The Bertz CT molecular complexity index is 332. The zero-order valence-electron chi connectivity index (χ0n) is 6.77. The number of rotatable bonds is 2. The Morgan fingerprint density at radius 1 is 1.75 bits per heavy atom. The van der Waals surface area contributed by atoms with Crippen molar-refractivity contribution >= 4 is 21.4 Å². The molecule has 0 aromatic rings. The van der Waals surface area contributed by atoms with Gasteiger partial charge in [-0.3, -0.25) is 4.99 Å². The highest BCUT2D eigenvalue weighted by atomic mass is 32.2. The molecule has 0 fully saturated rings. The second kappa shape index (κ2) is 4.06. The Hall–Kier alpha value is -1.10. The van der Waals surface area contributed by atoms with Gasteiger partial charge in [0, 0.05) is 36.9 Å². The van der Waals surface area contributed by atoms with E-state index in [9.17, 15) is 8.42 Å². The largest absolute Gasteiger partial charge is 0.374 e. The van der Waals surface area contributed by atoms with Crippen molar-refractivity contribution in [2.45, 2.75) is 6.42 Å². The van der Waals surface area contributed by atoms with Crippen molar-refractivity contribution in [1.29, 1.82) is 0 Å². The van der Waals surface area contributed by atoms with Crippen molar-refractivity contribution < 1.29 is 8.42 Å². The van der Waals surface area contributed by atoms with Crippen LogP contribution in [0.15, 0.2) is 17.4 Å². The minimum absolute atomic E-state index is 0.408. The lowest BCUT2D eigenvalue weighted by molar-refractivity contribution is 0.515. The standard InChI is InChI=1S/C7H10N2O2S/c1-9-4-3-8-7(6-9)2-5-12(10)11/h3-5H,2,6H2,1H3. The molecule has 1 heterocycles. The van der Waals surface area contributed by atoms with Crippen LogP contribution in [0.2, 0.25) is 0 Å². The molecule has 0 saturated heterocycles. The Morgan fingerprint density at radius 3 is 3.08 bits per heavy atom. The summed E-state index contributed by atoms with van der Waals surface area (Å²) >= 11 is 0. The third-order valence-electron chi connectivity index (χ3n) is 1.47. The molecule has 0 unspecified atom stereocenters. The number of hydrogen-bond donors (Lipinski definition) is 0. The van der Waals surface area contributed by atoms with Crippen LogP contribution < -0.4 is 0 Å². The molecule has 0 amide bonds. The molecule has 0 aliphatic carbocycles. The normalized spacial score (nSPS) is 15.8. The van der Waals surface area contributed by atoms with E-state index in [0.717, 1.165) is 5.71 Å². The fraction of sp³-hybridized carbons (Fsp3) is 0.429. The molecule has 0 aromatic carbocycles. The minimum Gasteiger partial charge on any atom is -0.374 e. The van der Waals surface area contributed by atoms with Gasteiger partial charge in [0.1, 0.15) is 0 Å². The van der Waals surface area contributed by atoms with Gasteiger partial charge in [-0.15, -0.1) is 0 Å². The van der Waals surface area contributed by atoms with E-state index < -0.39 is 10.3 Å². The predicted molar refractivity (Wildman–Crippen MR) is 48.8 cm³/mol. The molecule has 0 N–H and O–H groups in total. The molecule has 0 aromatic heterocycles. The van der Waals surface area contributed by atoms with E-state index in [4.69, 9.17) is 0 Å². The third kappa shape index (κ3) is 2.87. The molecule has 1 aliphatic rings. The summed E-state index contributed by atoms with van der Waals surface area (Å²) in [7, 11) is -0.161. The van der Waals surface area contributed by atoms with Crippen LogP contribution in [0.25, 0.3) is 0 Å². The van der Waals surface area contributed by atoms with Gasteiger partial charge in [-0.05, 0) is 0 Å². The number of nitrogens with zero attached hydrogens (tertiary/aromatic N) is 2. The lowest BCUT2D eigenvalue weighted by Crippen LogP contribution is -2.23. The smallest absolute Gasteiger partial charge is 0.210 e. The average molecular weight is 186 g/mol. The zero-order valence-corrected chi connectivity index (χ0v) is 7.58. The molecule has 12 heavy (non-hydrogen) atoms. The van der Waals surface area contributed by atoms with Gasteiger partial charge in [-0.25, -0.2) is 0 Å². The van der Waals surface area contributed by atoms with Gasteiger partial charge >= 0.3 is 0 Å². The van der Waals surface area contributed by atoms with Gasteiger partial charge in [0.05, 0.1) is 6.54 Å². The third-order valence-corrected chi connectivity index (χ3v) is 1.90. The highest BCUT2D eigenvalue weighted by Gasteiger charge is 2.02. The van der Waals surface area contributed by atoms with Crippen molar-refractivity contribution in [1.82, 2.24) is 4.90 Å². The summed E-state index contributed by atoms with van der Waals surface area (Å²) in [6.45, 7) is 0.699. The van der Waals surface area contributed by atoms with E-state index in [2.05, 4.69) is 4.99 Å². The molecule has 0 bridgehead atoms. The Balaban J connectivity index is 2.60. The van der Waals surface area contributed by atoms with Gasteiger partial charge in [0.25, 0.3) is 0 Å². The van der Waals surface area contributed by atoms with Crippen molar-refractivity contribution in [3.05, 3.63) is 12.4 Å². The van der Waals surface area contributed by atoms with Gasteiger partial charge in [0.2, 0.25) is 10.3 Å². The first kappa shape index (κ1) is 8.99. The first-order valence-electron chi connectivity index (χ1n) is 3.52. The summed E-state index contributed by atoms with van der Waals surface area (Å²) in [5, 5.41) is 1.21. The van der Waals surface area contributed by atoms with Crippen molar-refractivity contribution in [2.75, 3.05) is 13.6 Å². The molecule has 0 spiro atoms. The van der Waals surface area contributed by atoms with Gasteiger partial charge in [-0.1, -0.05) is 0 Å². The Labute approximate surface area is 72.7 Å². The molecule has 0 atom stereocenters. The molecular weight excluding hydrogens is 176 g/mol. The van der Waals surface area contributed by atoms with Crippen LogP contribution in [0.5, 0.6) is 0 Å². The predicted octanol–water partition coefficient (Wildman–Crippen LogP) is -0.0846. The van der Waals surface area contributed by atoms with Crippen LogP contribution in [0.1, 0.15) is 6.42 Å². The first-order valence-corrected chi connectivity index (χ1v) is 4.66. The molecule has 1 rings (SSSR count). The lowest BCUT2D eigenvalue weighted by Gasteiger charge is -2.17. The average Bonchev–Trinajstić information content (AvgIpc) is 2.01. The van der Waals surface area contributed by atoms with Crippen molar-refractivity contribution in [3.63, 3.8) is 0 Å². The first-order chi connectivity index (χ1) is 5.68. The van der Waals surface area contributed by atoms with Gasteiger partial charge < -0.3 is 4.90 Å². The van der Waals surface area contributed by atoms with E-state index in [0.29, 0.717) is 13.0 Å². The van der Waals surface area contributed by atoms with E-state index in [1.54, 1.807) is 6.20 Å². The van der Waals surface area contributed by atoms with Crippen LogP contribution >= 0.6 is 0 Å². The summed E-state index contributed by atoms with van der Waals surface area (Å²) in [6.07, 6.45) is 3.92. The van der Waals surface area contributed by atoms with E-state index in [-0.39, 0.29) is 0 Å². The van der Waals surface area contributed by atoms with Gasteiger partial charge in [-0.2, -0.15) is 8.42 Å². The number of aliphatic imine (C=N–C) groups is 1. The monoisotopic (exact) mass is 186 g/mol. The maximum absolute atomic E-state index is 10.2. The van der Waals surface area contributed by atoms with Crippen LogP contribution in [-0.2, 0) is 10.3 Å². The maximum Gasteiger partial charge on any atom is 0.210 e. The molecule has 0 saturated carbocycles. The Morgan fingerprint density at radius 2 is 2.50 bits per heavy atom. The van der Waals surface area contributed by atoms with Crippen LogP contribution in [0, 0.1) is 0 Å². The summed E-state index contributed by atoms with van der Waals surface area (Å²) in [5.74, 6) is 0. The van der Waals surface area contributed by atoms with Crippen molar-refractivity contribution in [3.8, 4) is 0 Å². The summed E-state index contributed by atoms with van der Waals surface area (Å²) < 4.78 is 20.4. The Kier molecular flexibility index (Phi) is 3.04. The fourth-order valence-electron chi connectivity index (χ4n) is 0.915. The van der Waals surface area contributed by atoms with Crippen molar-refractivity contribution in [2.24, 2.45) is 4.99 Å². The SMILES string of the molecule is CN1C=CN=C(CC=S(=O)=O)C1.